The zero-order valence-electron chi connectivity index (χ0n) is 30.8. The highest BCUT2D eigenvalue weighted by Gasteiger charge is 2.39. The average molecular weight is 703 g/mol. The number of hydrogen-bond donors (Lipinski definition) is 2. The molecule has 4 aliphatic rings. The number of aromatic hydroxyl groups is 2. The third-order valence-electron chi connectivity index (χ3n) is 12.3. The number of ether oxygens (including phenoxy) is 2. The van der Waals surface area contributed by atoms with E-state index in [0.717, 1.165) is 73.6 Å². The van der Waals surface area contributed by atoms with Crippen LogP contribution in [0.15, 0.2) is 109 Å². The van der Waals surface area contributed by atoms with E-state index in [4.69, 9.17) is 9.47 Å². The Labute approximate surface area is 311 Å². The second-order valence-electron chi connectivity index (χ2n) is 15.7. The quantitative estimate of drug-likeness (QED) is 0.154. The first-order valence-corrected chi connectivity index (χ1v) is 20.0. The molecule has 6 atom stereocenters. The maximum Gasteiger partial charge on any atom is 0.119 e. The van der Waals surface area contributed by atoms with E-state index in [1.54, 1.807) is 24.3 Å². The van der Waals surface area contributed by atoms with Crippen molar-refractivity contribution < 1.29 is 19.7 Å². The van der Waals surface area contributed by atoms with Crippen LogP contribution in [0, 0.1) is 23.7 Å². The first kappa shape index (κ1) is 36.4. The predicted octanol–water partition coefficient (Wildman–Crippen LogP) is 9.01. The van der Waals surface area contributed by atoms with Gasteiger partial charge in [-0.15, -0.1) is 0 Å². The normalized spacial score (nSPS) is 25.8. The Balaban J connectivity index is 0.000000162. The summed E-state index contributed by atoms with van der Waals surface area (Å²) in [5.74, 6) is 5.69. The Kier molecular flexibility index (Phi) is 12.7. The van der Waals surface area contributed by atoms with Crippen molar-refractivity contribution in [2.24, 2.45) is 23.7 Å². The summed E-state index contributed by atoms with van der Waals surface area (Å²) < 4.78 is 11.7. The fourth-order valence-electron chi connectivity index (χ4n) is 9.73. The second kappa shape index (κ2) is 18.2. The maximum absolute atomic E-state index is 9.33. The molecule has 0 aromatic heterocycles. The van der Waals surface area contributed by atoms with Gasteiger partial charge in [0.05, 0.1) is 0 Å². The summed E-state index contributed by atoms with van der Waals surface area (Å²) in [6.07, 6.45) is 13.3. The van der Waals surface area contributed by atoms with Gasteiger partial charge in [0, 0.05) is 25.2 Å². The number of fused-ring (bicyclic) bond motifs is 2. The maximum atomic E-state index is 9.33. The van der Waals surface area contributed by atoms with Crippen molar-refractivity contribution in [3.63, 3.8) is 0 Å². The Morgan fingerprint density at radius 2 is 0.885 bits per heavy atom. The van der Waals surface area contributed by atoms with Crippen LogP contribution < -0.4 is 9.47 Å². The zero-order chi connectivity index (χ0) is 35.5. The lowest BCUT2D eigenvalue weighted by molar-refractivity contribution is 0.133. The molecule has 276 valence electrons. The SMILES string of the molecule is Oc1ccc(OCCN2CCC3CC(Cc4ccccc4)CCC32)cc1.Oc1ccc(OCCN2CCC3CC(Cc4ccccc4)CCC32)cc1. The molecule has 6 unspecified atom stereocenters. The van der Waals surface area contributed by atoms with E-state index in [1.165, 1.54) is 88.4 Å². The van der Waals surface area contributed by atoms with Crippen molar-refractivity contribution in [1.82, 2.24) is 9.80 Å². The van der Waals surface area contributed by atoms with Gasteiger partial charge in [0.2, 0.25) is 0 Å². The van der Waals surface area contributed by atoms with Crippen molar-refractivity contribution in [3.8, 4) is 23.0 Å². The van der Waals surface area contributed by atoms with Crippen LogP contribution in [0.1, 0.15) is 62.5 Å². The Morgan fingerprint density at radius 1 is 0.481 bits per heavy atom. The van der Waals surface area contributed by atoms with Crippen LogP contribution in [0.25, 0.3) is 0 Å². The molecule has 8 rings (SSSR count). The molecule has 4 aromatic carbocycles. The van der Waals surface area contributed by atoms with E-state index in [1.807, 2.05) is 24.3 Å². The largest absolute Gasteiger partial charge is 0.508 e. The Bertz CT molecular complexity index is 1490. The molecule has 2 aliphatic heterocycles. The number of phenols is 2. The number of rotatable bonds is 12. The summed E-state index contributed by atoms with van der Waals surface area (Å²) in [4.78, 5) is 5.29. The average Bonchev–Trinajstić information content (AvgIpc) is 3.77. The summed E-state index contributed by atoms with van der Waals surface area (Å²) >= 11 is 0. The molecule has 2 heterocycles. The lowest BCUT2D eigenvalue weighted by Crippen LogP contribution is -2.39. The van der Waals surface area contributed by atoms with Crippen LogP contribution in [0.4, 0.5) is 0 Å². The molecular formula is C46H58N2O4. The summed E-state index contributed by atoms with van der Waals surface area (Å²) in [6.45, 7) is 5.89. The van der Waals surface area contributed by atoms with Crippen LogP contribution in [0.2, 0.25) is 0 Å². The highest BCUT2D eigenvalue weighted by Crippen LogP contribution is 2.41. The lowest BCUT2D eigenvalue weighted by atomic mass is 9.76. The molecule has 0 spiro atoms. The highest BCUT2D eigenvalue weighted by atomic mass is 16.5. The van der Waals surface area contributed by atoms with E-state index in [2.05, 4.69) is 70.5 Å². The summed E-state index contributed by atoms with van der Waals surface area (Å²) in [6, 6.07) is 37.5. The molecule has 4 aromatic rings. The molecule has 52 heavy (non-hydrogen) atoms. The van der Waals surface area contributed by atoms with Gasteiger partial charge in [0.25, 0.3) is 0 Å². The van der Waals surface area contributed by atoms with Crippen molar-refractivity contribution in [1.29, 1.82) is 0 Å². The van der Waals surface area contributed by atoms with Gasteiger partial charge in [0.15, 0.2) is 0 Å². The molecular weight excluding hydrogens is 645 g/mol. The van der Waals surface area contributed by atoms with E-state index >= 15 is 0 Å². The summed E-state index contributed by atoms with van der Waals surface area (Å²) in [5, 5.41) is 18.7. The van der Waals surface area contributed by atoms with Crippen molar-refractivity contribution >= 4 is 0 Å². The molecule has 6 heteroatoms. The zero-order valence-corrected chi connectivity index (χ0v) is 30.8. The first-order chi connectivity index (χ1) is 25.6. The molecule has 4 fully saturated rings. The monoisotopic (exact) mass is 702 g/mol. The van der Waals surface area contributed by atoms with Gasteiger partial charge in [0.1, 0.15) is 36.2 Å². The molecule has 0 bridgehead atoms. The molecule has 2 aliphatic carbocycles. The molecule has 0 radical (unpaired) electrons. The standard InChI is InChI=1S/2C23H29NO2/c2*25-21-7-9-22(10-8-21)26-15-14-24-13-12-20-17-19(6-11-23(20)24)16-18-4-2-1-3-5-18/h2*1-5,7-10,19-20,23,25H,6,11-17H2. The number of benzene rings is 4. The second-order valence-corrected chi connectivity index (χ2v) is 15.7. The first-order valence-electron chi connectivity index (χ1n) is 20.0. The van der Waals surface area contributed by atoms with Crippen LogP contribution >= 0.6 is 0 Å². The fraction of sp³-hybridized carbons (Fsp3) is 0.478. The van der Waals surface area contributed by atoms with Gasteiger partial charge in [-0.2, -0.15) is 0 Å². The minimum absolute atomic E-state index is 0.284. The van der Waals surface area contributed by atoms with Crippen molar-refractivity contribution in [3.05, 3.63) is 120 Å². The number of phenolic OH excluding ortho intramolecular Hbond substituents is 2. The minimum atomic E-state index is 0.284. The number of hydrogen-bond acceptors (Lipinski definition) is 6. The minimum Gasteiger partial charge on any atom is -0.508 e. The predicted molar refractivity (Wildman–Crippen MR) is 209 cm³/mol. The van der Waals surface area contributed by atoms with Crippen LogP contribution in [-0.4, -0.2) is 71.5 Å². The van der Waals surface area contributed by atoms with Gasteiger partial charge in [-0.3, -0.25) is 9.80 Å². The van der Waals surface area contributed by atoms with Gasteiger partial charge in [-0.25, -0.2) is 0 Å². The van der Waals surface area contributed by atoms with E-state index in [0.29, 0.717) is 0 Å². The summed E-state index contributed by atoms with van der Waals surface area (Å²) in [7, 11) is 0. The van der Waals surface area contributed by atoms with E-state index in [9.17, 15) is 10.2 Å². The number of likely N-dealkylation sites (tertiary alicyclic amines) is 2. The van der Waals surface area contributed by atoms with Crippen LogP contribution in [-0.2, 0) is 12.8 Å². The smallest absolute Gasteiger partial charge is 0.119 e. The third-order valence-corrected chi connectivity index (χ3v) is 12.3. The van der Waals surface area contributed by atoms with E-state index in [-0.39, 0.29) is 11.5 Å². The Morgan fingerprint density at radius 3 is 1.29 bits per heavy atom. The van der Waals surface area contributed by atoms with E-state index < -0.39 is 0 Å². The molecule has 0 amide bonds. The molecule has 6 nitrogen and oxygen atoms in total. The molecule has 2 saturated heterocycles. The van der Waals surface area contributed by atoms with Gasteiger partial charge in [-0.05, 0) is 161 Å². The van der Waals surface area contributed by atoms with Gasteiger partial charge >= 0.3 is 0 Å². The van der Waals surface area contributed by atoms with Gasteiger partial charge in [-0.1, -0.05) is 60.7 Å². The molecule has 2 saturated carbocycles. The van der Waals surface area contributed by atoms with Crippen molar-refractivity contribution in [2.45, 2.75) is 76.3 Å². The summed E-state index contributed by atoms with van der Waals surface area (Å²) in [5.41, 5.74) is 2.99. The van der Waals surface area contributed by atoms with Crippen LogP contribution in [0.5, 0.6) is 23.0 Å². The third kappa shape index (κ3) is 10.1. The molecule has 2 N–H and O–H groups in total. The number of nitrogens with zero attached hydrogens (tertiary/aromatic N) is 2. The lowest BCUT2D eigenvalue weighted by Gasteiger charge is -2.36. The fourth-order valence-corrected chi connectivity index (χ4v) is 9.73. The van der Waals surface area contributed by atoms with Gasteiger partial charge < -0.3 is 19.7 Å². The Hall–Kier alpha value is -4.00. The van der Waals surface area contributed by atoms with Crippen LogP contribution in [0.3, 0.4) is 0 Å². The topological polar surface area (TPSA) is 65.4 Å². The highest BCUT2D eigenvalue weighted by molar-refractivity contribution is 5.31. The van der Waals surface area contributed by atoms with Crippen molar-refractivity contribution in [2.75, 3.05) is 39.4 Å².